The summed E-state index contributed by atoms with van der Waals surface area (Å²) in [4.78, 5) is 44.5. The van der Waals surface area contributed by atoms with Crippen LogP contribution < -0.4 is 16.0 Å². The van der Waals surface area contributed by atoms with Crippen LogP contribution in [0.2, 0.25) is 5.02 Å². The van der Waals surface area contributed by atoms with Crippen LogP contribution >= 0.6 is 34.7 Å². The molecule has 0 aliphatic carbocycles. The lowest BCUT2D eigenvalue weighted by Gasteiger charge is -2.13. The van der Waals surface area contributed by atoms with Gasteiger partial charge in [-0.25, -0.2) is 4.98 Å². The number of thioether (sulfide) groups is 1. The Bertz CT molecular complexity index is 1840. The second-order valence-electron chi connectivity index (χ2n) is 10.0. The predicted molar refractivity (Wildman–Crippen MR) is 185 cm³/mol. The summed E-state index contributed by atoms with van der Waals surface area (Å²) in [7, 11) is 0. The molecule has 3 N–H and O–H groups in total. The average Bonchev–Trinajstić information content (AvgIpc) is 3.51. The average molecular weight is 653 g/mol. The van der Waals surface area contributed by atoms with Crippen LogP contribution in [-0.2, 0) is 9.59 Å². The normalized spacial score (nSPS) is 11.8. The van der Waals surface area contributed by atoms with Crippen molar-refractivity contribution in [2.75, 3.05) is 10.6 Å². The van der Waals surface area contributed by atoms with Crippen LogP contribution in [-0.4, -0.2) is 28.0 Å². The van der Waals surface area contributed by atoms with Crippen LogP contribution in [0.4, 0.5) is 10.8 Å². The minimum Gasteiger partial charge on any atom is -0.321 e. The predicted octanol–water partition coefficient (Wildman–Crippen LogP) is 8.30. The van der Waals surface area contributed by atoms with Crippen molar-refractivity contribution in [3.63, 3.8) is 0 Å². The molecule has 3 amide bonds. The van der Waals surface area contributed by atoms with Crippen LogP contribution in [0.3, 0.4) is 0 Å². The summed E-state index contributed by atoms with van der Waals surface area (Å²) in [6, 6.07) is 30.9. The van der Waals surface area contributed by atoms with E-state index < -0.39 is 17.1 Å². The number of benzene rings is 4. The Morgan fingerprint density at radius 1 is 0.867 bits per heavy atom. The third kappa shape index (κ3) is 8.69. The Morgan fingerprint density at radius 2 is 1.56 bits per heavy atom. The van der Waals surface area contributed by atoms with Gasteiger partial charge in [0.15, 0.2) is 5.13 Å². The van der Waals surface area contributed by atoms with Crippen molar-refractivity contribution in [2.45, 2.75) is 24.0 Å². The zero-order valence-corrected chi connectivity index (χ0v) is 26.8. The summed E-state index contributed by atoms with van der Waals surface area (Å²) in [6.45, 7) is 3.86. The van der Waals surface area contributed by atoms with E-state index in [4.69, 9.17) is 11.6 Å². The van der Waals surface area contributed by atoms with Gasteiger partial charge in [0.1, 0.15) is 5.70 Å². The van der Waals surface area contributed by atoms with Crippen molar-refractivity contribution in [3.05, 3.63) is 136 Å². The van der Waals surface area contributed by atoms with E-state index in [0.717, 1.165) is 16.2 Å². The maximum atomic E-state index is 13.3. The van der Waals surface area contributed by atoms with Crippen molar-refractivity contribution in [1.82, 2.24) is 10.3 Å². The summed E-state index contributed by atoms with van der Waals surface area (Å²) in [5.41, 5.74) is 4.54. The minimum atomic E-state index is -0.513. The molecule has 0 saturated heterocycles. The molecule has 1 aromatic heterocycles. The maximum absolute atomic E-state index is 13.3. The molecule has 226 valence electrons. The number of amides is 3. The fourth-order valence-electron chi connectivity index (χ4n) is 4.16. The number of thiazole rings is 1. The van der Waals surface area contributed by atoms with Gasteiger partial charge in [-0.3, -0.25) is 14.4 Å². The van der Waals surface area contributed by atoms with Gasteiger partial charge < -0.3 is 16.0 Å². The Labute approximate surface area is 274 Å². The molecule has 5 rings (SSSR count). The number of carbonyl (C=O) groups excluding carboxylic acids is 3. The number of carbonyl (C=O) groups is 3. The van der Waals surface area contributed by atoms with Crippen LogP contribution in [0.1, 0.15) is 28.4 Å². The van der Waals surface area contributed by atoms with Crippen molar-refractivity contribution >= 4 is 69.3 Å². The van der Waals surface area contributed by atoms with Gasteiger partial charge in [0.25, 0.3) is 11.8 Å². The fraction of sp³-hybridized carbons (Fsp3) is 0.0857. The number of halogens is 1. The first kappa shape index (κ1) is 31.7. The van der Waals surface area contributed by atoms with Gasteiger partial charge in [-0.05, 0) is 68.0 Å². The van der Waals surface area contributed by atoms with E-state index in [2.05, 4.69) is 20.9 Å². The standard InChI is InChI=1S/C35H29ClN4O3S2/c1-22-12-14-24(15-13-22)31-21-44-35(39-31)40-32(41)23(2)45-28-18-16-27(17-19-28)37-34(43)30(20-26-10-6-7-11-29(26)36)38-33(42)25-8-4-3-5-9-25/h3-21,23H,1-2H3,(H,37,43)(H,38,42)(H,39,40,41)/b30-20-. The van der Waals surface area contributed by atoms with E-state index in [9.17, 15) is 14.4 Å². The summed E-state index contributed by atoms with van der Waals surface area (Å²) >= 11 is 9.09. The number of aromatic nitrogens is 1. The third-order valence-corrected chi connectivity index (χ3v) is 8.82. The first-order valence-electron chi connectivity index (χ1n) is 14.0. The molecule has 0 saturated carbocycles. The van der Waals surface area contributed by atoms with Gasteiger partial charge >= 0.3 is 0 Å². The highest BCUT2D eigenvalue weighted by Gasteiger charge is 2.18. The number of nitrogens with one attached hydrogen (secondary N) is 3. The smallest absolute Gasteiger partial charge is 0.272 e. The van der Waals surface area contributed by atoms with Crippen molar-refractivity contribution in [1.29, 1.82) is 0 Å². The third-order valence-electron chi connectivity index (χ3n) is 6.61. The van der Waals surface area contributed by atoms with Gasteiger partial charge in [-0.1, -0.05) is 77.8 Å². The summed E-state index contributed by atoms with van der Waals surface area (Å²) in [6.07, 6.45) is 1.54. The van der Waals surface area contributed by atoms with Gasteiger partial charge in [0, 0.05) is 32.1 Å². The molecule has 7 nitrogen and oxygen atoms in total. The zero-order chi connectivity index (χ0) is 31.8. The highest BCUT2D eigenvalue weighted by Crippen LogP contribution is 2.28. The monoisotopic (exact) mass is 652 g/mol. The lowest BCUT2D eigenvalue weighted by atomic mass is 10.1. The minimum absolute atomic E-state index is 0.0356. The molecule has 0 spiro atoms. The van der Waals surface area contributed by atoms with E-state index in [1.807, 2.05) is 61.7 Å². The number of hydrogen-bond acceptors (Lipinski definition) is 6. The van der Waals surface area contributed by atoms with E-state index in [1.54, 1.807) is 60.7 Å². The number of nitrogens with zero attached hydrogens (tertiary/aromatic N) is 1. The molecular weight excluding hydrogens is 624 g/mol. The van der Waals surface area contributed by atoms with Crippen LogP contribution in [0.15, 0.2) is 119 Å². The van der Waals surface area contributed by atoms with Crippen LogP contribution in [0.25, 0.3) is 17.3 Å². The largest absolute Gasteiger partial charge is 0.321 e. The van der Waals surface area contributed by atoms with Gasteiger partial charge in [-0.15, -0.1) is 23.1 Å². The Morgan fingerprint density at radius 3 is 2.27 bits per heavy atom. The molecule has 4 aromatic carbocycles. The van der Waals surface area contributed by atoms with Gasteiger partial charge in [-0.2, -0.15) is 0 Å². The molecule has 0 radical (unpaired) electrons. The molecule has 0 aliphatic heterocycles. The fourth-order valence-corrected chi connectivity index (χ4v) is 5.94. The van der Waals surface area contributed by atoms with Crippen LogP contribution in [0.5, 0.6) is 0 Å². The Kier molecular flexibility index (Phi) is 10.5. The van der Waals surface area contributed by atoms with Crippen molar-refractivity contribution < 1.29 is 14.4 Å². The molecule has 0 bridgehead atoms. The van der Waals surface area contributed by atoms with Gasteiger partial charge in [0.05, 0.1) is 10.9 Å². The molecule has 0 fully saturated rings. The SMILES string of the molecule is Cc1ccc(-c2csc(NC(=O)C(C)Sc3ccc(NC(=O)/C(=C/c4ccccc4Cl)NC(=O)c4ccccc4)cc3)n2)cc1. The summed E-state index contributed by atoms with van der Waals surface area (Å²) in [5.74, 6) is -1.10. The quantitative estimate of drug-likeness (QED) is 0.104. The highest BCUT2D eigenvalue weighted by molar-refractivity contribution is 8.00. The number of anilines is 2. The van der Waals surface area contributed by atoms with E-state index in [0.29, 0.717) is 27.0 Å². The van der Waals surface area contributed by atoms with Crippen molar-refractivity contribution in [2.24, 2.45) is 0 Å². The molecule has 0 aliphatic rings. The Hall–Kier alpha value is -4.70. The molecular formula is C35H29ClN4O3S2. The Balaban J connectivity index is 1.21. The van der Waals surface area contributed by atoms with Crippen LogP contribution in [0, 0.1) is 6.92 Å². The van der Waals surface area contributed by atoms with E-state index in [-0.39, 0.29) is 11.6 Å². The number of hydrogen-bond donors (Lipinski definition) is 3. The zero-order valence-electron chi connectivity index (χ0n) is 24.4. The van der Waals surface area contributed by atoms with E-state index >= 15 is 0 Å². The van der Waals surface area contributed by atoms with Crippen molar-refractivity contribution in [3.8, 4) is 11.3 Å². The van der Waals surface area contributed by atoms with Gasteiger partial charge in [0.2, 0.25) is 5.91 Å². The lowest BCUT2D eigenvalue weighted by Crippen LogP contribution is -2.30. The molecule has 45 heavy (non-hydrogen) atoms. The second kappa shape index (κ2) is 14.9. The van der Waals surface area contributed by atoms with E-state index in [1.165, 1.54) is 34.7 Å². The molecule has 1 atom stereocenters. The molecule has 10 heteroatoms. The molecule has 1 unspecified atom stereocenters. The second-order valence-corrected chi connectivity index (χ2v) is 12.7. The first-order chi connectivity index (χ1) is 21.7. The number of aryl methyl sites for hydroxylation is 1. The first-order valence-corrected chi connectivity index (χ1v) is 16.1. The molecule has 1 heterocycles. The summed E-state index contributed by atoms with van der Waals surface area (Å²) < 4.78 is 0. The molecule has 5 aromatic rings. The maximum Gasteiger partial charge on any atom is 0.272 e. The highest BCUT2D eigenvalue weighted by atomic mass is 35.5. The number of rotatable bonds is 10. The summed E-state index contributed by atoms with van der Waals surface area (Å²) in [5, 5.41) is 11.0. The lowest BCUT2D eigenvalue weighted by molar-refractivity contribution is -0.115. The topological polar surface area (TPSA) is 100 Å².